The number of nitrogens with one attached hydrogen (secondary N) is 1. The van der Waals surface area contributed by atoms with Gasteiger partial charge in [-0.05, 0) is 0 Å². The molecular formula is C29H60N2O14. The van der Waals surface area contributed by atoms with Gasteiger partial charge in [-0.3, -0.25) is 4.79 Å². The van der Waals surface area contributed by atoms with Crippen molar-refractivity contribution >= 4 is 5.91 Å². The summed E-state index contributed by atoms with van der Waals surface area (Å²) in [6.45, 7) is 12.8. The Bertz CT molecular complexity index is 569. The molecule has 0 aliphatic rings. The van der Waals surface area contributed by atoms with Crippen molar-refractivity contribution in [1.82, 2.24) is 5.32 Å². The summed E-state index contributed by atoms with van der Waals surface area (Å²) in [5.41, 5.74) is 5.30. The van der Waals surface area contributed by atoms with Crippen LogP contribution in [-0.2, 0) is 66.4 Å². The van der Waals surface area contributed by atoms with Gasteiger partial charge in [-0.2, -0.15) is 0 Å². The molecule has 0 atom stereocenters. The van der Waals surface area contributed by atoms with E-state index in [1.165, 1.54) is 0 Å². The summed E-state index contributed by atoms with van der Waals surface area (Å²) in [6.07, 6.45) is 0. The summed E-state index contributed by atoms with van der Waals surface area (Å²) in [4.78, 5) is 11.3. The lowest BCUT2D eigenvalue weighted by Crippen LogP contribution is -2.32. The van der Waals surface area contributed by atoms with Gasteiger partial charge in [0, 0.05) is 20.2 Å². The second kappa shape index (κ2) is 40.9. The van der Waals surface area contributed by atoms with Crippen molar-refractivity contribution in [3.63, 3.8) is 0 Å². The van der Waals surface area contributed by atoms with Crippen molar-refractivity contribution in [2.75, 3.05) is 185 Å². The van der Waals surface area contributed by atoms with E-state index in [9.17, 15) is 4.79 Å². The largest absolute Gasteiger partial charge is 0.382 e. The Kier molecular flexibility index (Phi) is 39.9. The molecule has 0 rings (SSSR count). The van der Waals surface area contributed by atoms with Crippen LogP contribution in [0.5, 0.6) is 0 Å². The molecule has 0 spiro atoms. The fourth-order valence-corrected chi connectivity index (χ4v) is 2.99. The van der Waals surface area contributed by atoms with Gasteiger partial charge in [0.2, 0.25) is 5.91 Å². The zero-order valence-electron chi connectivity index (χ0n) is 27.4. The lowest BCUT2D eigenvalue weighted by atomic mass is 10.5. The highest BCUT2D eigenvalue weighted by atomic mass is 16.6. The number of carbonyl (C=O) groups excluding carboxylic acids is 1. The predicted octanol–water partition coefficient (Wildman–Crippen LogP) is -1.09. The van der Waals surface area contributed by atoms with E-state index >= 15 is 0 Å². The van der Waals surface area contributed by atoms with Crippen LogP contribution >= 0.6 is 0 Å². The first kappa shape index (κ1) is 43.9. The van der Waals surface area contributed by atoms with E-state index in [1.807, 2.05) is 0 Å². The SMILES string of the molecule is COCCOCCOCCOCCOCCOCCOCCOCCOCCOCCOCCOCCOCC(=O)NCCN. The molecule has 16 nitrogen and oxygen atoms in total. The monoisotopic (exact) mass is 660 g/mol. The van der Waals surface area contributed by atoms with Gasteiger partial charge >= 0.3 is 0 Å². The molecule has 0 saturated heterocycles. The van der Waals surface area contributed by atoms with E-state index in [0.29, 0.717) is 172 Å². The van der Waals surface area contributed by atoms with Crippen molar-refractivity contribution in [3.05, 3.63) is 0 Å². The van der Waals surface area contributed by atoms with Gasteiger partial charge in [-0.25, -0.2) is 0 Å². The fraction of sp³-hybridized carbons (Fsp3) is 0.966. The molecule has 0 aliphatic carbocycles. The van der Waals surface area contributed by atoms with E-state index < -0.39 is 0 Å². The number of nitrogens with two attached hydrogens (primary N) is 1. The molecule has 0 bridgehead atoms. The second-order valence-corrected chi connectivity index (χ2v) is 8.92. The van der Waals surface area contributed by atoms with Crippen LogP contribution in [-0.4, -0.2) is 191 Å². The first-order valence-electron chi connectivity index (χ1n) is 15.7. The van der Waals surface area contributed by atoms with Gasteiger partial charge < -0.3 is 72.6 Å². The summed E-state index contributed by atoms with van der Waals surface area (Å²) in [6, 6.07) is 0. The molecular weight excluding hydrogens is 600 g/mol. The van der Waals surface area contributed by atoms with Gasteiger partial charge in [0.15, 0.2) is 0 Å². The number of hydrogen-bond donors (Lipinski definition) is 2. The van der Waals surface area contributed by atoms with E-state index in [4.69, 9.17) is 67.3 Å². The van der Waals surface area contributed by atoms with Crippen LogP contribution in [0.15, 0.2) is 0 Å². The molecule has 270 valence electrons. The molecule has 16 heteroatoms. The number of methoxy groups -OCH3 is 1. The first-order chi connectivity index (χ1) is 22.3. The van der Waals surface area contributed by atoms with Crippen LogP contribution in [0.2, 0.25) is 0 Å². The molecule has 0 aromatic rings. The predicted molar refractivity (Wildman–Crippen MR) is 164 cm³/mol. The number of amides is 1. The molecule has 0 fully saturated rings. The van der Waals surface area contributed by atoms with Crippen LogP contribution < -0.4 is 11.1 Å². The number of ether oxygens (including phenoxy) is 13. The Morgan fingerprint density at radius 1 is 0.400 bits per heavy atom. The summed E-state index contributed by atoms with van der Waals surface area (Å²) in [5.74, 6) is -0.185. The van der Waals surface area contributed by atoms with Crippen molar-refractivity contribution in [2.24, 2.45) is 5.73 Å². The second-order valence-electron chi connectivity index (χ2n) is 8.92. The van der Waals surface area contributed by atoms with Crippen LogP contribution in [0, 0.1) is 0 Å². The van der Waals surface area contributed by atoms with Crippen LogP contribution in [0.25, 0.3) is 0 Å². The zero-order chi connectivity index (χ0) is 32.6. The molecule has 45 heavy (non-hydrogen) atoms. The third-order valence-corrected chi connectivity index (χ3v) is 5.22. The highest BCUT2D eigenvalue weighted by molar-refractivity contribution is 5.77. The highest BCUT2D eigenvalue weighted by Gasteiger charge is 2.00. The number of hydrogen-bond acceptors (Lipinski definition) is 15. The molecule has 0 heterocycles. The lowest BCUT2D eigenvalue weighted by molar-refractivity contribution is -0.126. The van der Waals surface area contributed by atoms with Crippen LogP contribution in [0.1, 0.15) is 0 Å². The fourth-order valence-electron chi connectivity index (χ4n) is 2.99. The Hall–Kier alpha value is -1.09. The van der Waals surface area contributed by atoms with E-state index in [0.717, 1.165) is 0 Å². The molecule has 0 aromatic carbocycles. The van der Waals surface area contributed by atoms with Gasteiger partial charge in [0.25, 0.3) is 0 Å². The normalized spacial score (nSPS) is 11.4. The van der Waals surface area contributed by atoms with Gasteiger partial charge in [0.1, 0.15) is 6.61 Å². The lowest BCUT2D eigenvalue weighted by Gasteiger charge is -2.09. The maximum atomic E-state index is 11.3. The van der Waals surface area contributed by atoms with Crippen LogP contribution in [0.3, 0.4) is 0 Å². The quantitative estimate of drug-likeness (QED) is 0.0758. The molecule has 1 amide bonds. The average molecular weight is 661 g/mol. The molecule has 0 unspecified atom stereocenters. The van der Waals surface area contributed by atoms with E-state index in [2.05, 4.69) is 5.32 Å². The number of rotatable bonds is 40. The van der Waals surface area contributed by atoms with Crippen molar-refractivity contribution < 1.29 is 66.4 Å². The Labute approximate surface area is 268 Å². The maximum absolute atomic E-state index is 11.3. The van der Waals surface area contributed by atoms with E-state index in [1.54, 1.807) is 7.11 Å². The summed E-state index contributed by atoms with van der Waals surface area (Å²) in [5, 5.41) is 2.62. The summed E-state index contributed by atoms with van der Waals surface area (Å²) in [7, 11) is 1.64. The minimum Gasteiger partial charge on any atom is -0.382 e. The molecule has 3 N–H and O–H groups in total. The molecule has 0 aromatic heterocycles. The maximum Gasteiger partial charge on any atom is 0.246 e. The Balaban J connectivity index is 3.06. The molecule has 0 aliphatic heterocycles. The van der Waals surface area contributed by atoms with Crippen molar-refractivity contribution in [3.8, 4) is 0 Å². The summed E-state index contributed by atoms with van der Waals surface area (Å²) >= 11 is 0. The third-order valence-electron chi connectivity index (χ3n) is 5.22. The zero-order valence-corrected chi connectivity index (χ0v) is 27.4. The highest BCUT2D eigenvalue weighted by Crippen LogP contribution is 1.87. The van der Waals surface area contributed by atoms with Gasteiger partial charge in [-0.1, -0.05) is 0 Å². The Morgan fingerprint density at radius 3 is 0.844 bits per heavy atom. The Morgan fingerprint density at radius 2 is 0.622 bits per heavy atom. The summed E-state index contributed by atoms with van der Waals surface area (Å²) < 4.78 is 69.7. The smallest absolute Gasteiger partial charge is 0.246 e. The van der Waals surface area contributed by atoms with Crippen molar-refractivity contribution in [2.45, 2.75) is 0 Å². The van der Waals surface area contributed by atoms with Crippen LogP contribution in [0.4, 0.5) is 0 Å². The topological polar surface area (TPSA) is 175 Å². The minimum atomic E-state index is -0.185. The van der Waals surface area contributed by atoms with Gasteiger partial charge in [-0.15, -0.1) is 0 Å². The minimum absolute atomic E-state index is 0.00235. The van der Waals surface area contributed by atoms with Crippen molar-refractivity contribution in [1.29, 1.82) is 0 Å². The van der Waals surface area contributed by atoms with Gasteiger partial charge in [0.05, 0.1) is 159 Å². The number of carbonyl (C=O) groups is 1. The van der Waals surface area contributed by atoms with E-state index in [-0.39, 0.29) is 12.5 Å². The first-order valence-corrected chi connectivity index (χ1v) is 15.7. The molecule has 0 saturated carbocycles. The molecule has 0 radical (unpaired) electrons. The standard InChI is InChI=1S/C29H60N2O14/c1-33-4-5-34-6-7-35-8-9-36-10-11-37-12-13-38-14-15-39-16-17-40-18-19-41-20-21-42-22-23-43-24-25-44-26-27-45-28-29(32)31-3-2-30/h2-28,30H2,1H3,(H,31,32). The third kappa shape index (κ3) is 40.9. The average Bonchev–Trinajstić information content (AvgIpc) is 3.05.